The molecule has 0 spiro atoms. The average Bonchev–Trinajstić information content (AvgIpc) is 2.77. The number of nitrogens with one attached hydrogen (secondary N) is 1. The van der Waals surface area contributed by atoms with Crippen molar-refractivity contribution in [3.05, 3.63) is 61.7 Å². The van der Waals surface area contributed by atoms with Crippen LogP contribution in [0.3, 0.4) is 0 Å². The molecular formula is C14H13BrN2O. The Hall–Kier alpha value is -1.42. The number of aromatic nitrogens is 2. The van der Waals surface area contributed by atoms with Crippen LogP contribution in [0.5, 0.6) is 0 Å². The van der Waals surface area contributed by atoms with Gasteiger partial charge in [0.1, 0.15) is 5.82 Å². The van der Waals surface area contributed by atoms with E-state index in [1.165, 1.54) is 0 Å². The highest BCUT2D eigenvalue weighted by molar-refractivity contribution is 9.10. The Bertz CT molecular complexity index is 648. The van der Waals surface area contributed by atoms with Crippen LogP contribution in [0.4, 0.5) is 0 Å². The van der Waals surface area contributed by atoms with Crippen molar-refractivity contribution in [1.29, 1.82) is 0 Å². The van der Waals surface area contributed by atoms with Gasteiger partial charge in [-0.3, -0.25) is 4.79 Å². The molecule has 0 saturated carbocycles. The van der Waals surface area contributed by atoms with E-state index in [0.29, 0.717) is 6.42 Å². The maximum atomic E-state index is 11.9. The van der Waals surface area contributed by atoms with Gasteiger partial charge in [-0.05, 0) is 37.0 Å². The van der Waals surface area contributed by atoms with E-state index in [1.807, 2.05) is 24.3 Å². The van der Waals surface area contributed by atoms with Gasteiger partial charge in [-0.1, -0.05) is 28.1 Å². The van der Waals surface area contributed by atoms with E-state index in [9.17, 15) is 4.79 Å². The first-order chi connectivity index (χ1) is 8.72. The first-order valence-corrected chi connectivity index (χ1v) is 6.87. The second-order valence-electron chi connectivity index (χ2n) is 4.60. The summed E-state index contributed by atoms with van der Waals surface area (Å²) in [5, 5.41) is 0. The molecule has 0 radical (unpaired) electrons. The van der Waals surface area contributed by atoms with E-state index in [4.69, 9.17) is 0 Å². The number of H-pyrrole nitrogens is 1. The molecule has 0 fully saturated rings. The molecule has 1 N–H and O–H groups in total. The minimum absolute atomic E-state index is 0.0440. The molecule has 1 aromatic carbocycles. The first kappa shape index (κ1) is 11.7. The molecule has 3 rings (SSSR count). The molecule has 92 valence electrons. The molecular weight excluding hydrogens is 292 g/mol. The Balaban J connectivity index is 1.94. The maximum absolute atomic E-state index is 11.9. The van der Waals surface area contributed by atoms with E-state index in [0.717, 1.165) is 46.4 Å². The standard InChI is InChI=1S/C14H13BrN2O/c15-10-4-1-3-9(7-10)8-13-16-12-6-2-5-11(12)14(18)17-13/h1,3-4,7H,2,5-6,8H2,(H,16,17,18). The number of fused-ring (bicyclic) bond motifs is 1. The van der Waals surface area contributed by atoms with Crippen molar-refractivity contribution in [1.82, 2.24) is 9.97 Å². The number of hydrogen-bond acceptors (Lipinski definition) is 2. The molecule has 0 amide bonds. The lowest BCUT2D eigenvalue weighted by molar-refractivity contribution is 0.883. The van der Waals surface area contributed by atoms with Gasteiger partial charge < -0.3 is 4.98 Å². The monoisotopic (exact) mass is 304 g/mol. The summed E-state index contributed by atoms with van der Waals surface area (Å²) in [6.07, 6.45) is 3.52. The summed E-state index contributed by atoms with van der Waals surface area (Å²) in [7, 11) is 0. The molecule has 3 nitrogen and oxygen atoms in total. The minimum atomic E-state index is 0.0440. The highest BCUT2D eigenvalue weighted by Crippen LogP contribution is 2.17. The topological polar surface area (TPSA) is 45.8 Å². The fourth-order valence-electron chi connectivity index (χ4n) is 2.42. The summed E-state index contributed by atoms with van der Waals surface area (Å²) in [6.45, 7) is 0. The molecule has 0 unspecified atom stereocenters. The van der Waals surface area contributed by atoms with E-state index < -0.39 is 0 Å². The van der Waals surface area contributed by atoms with E-state index in [2.05, 4.69) is 25.9 Å². The second kappa shape index (κ2) is 4.69. The van der Waals surface area contributed by atoms with Gasteiger partial charge in [-0.2, -0.15) is 0 Å². The molecule has 0 aliphatic heterocycles. The predicted octanol–water partition coefficient (Wildman–Crippen LogP) is 2.61. The zero-order valence-electron chi connectivity index (χ0n) is 9.87. The third-order valence-electron chi connectivity index (χ3n) is 3.25. The van der Waals surface area contributed by atoms with E-state index in [-0.39, 0.29) is 5.56 Å². The molecule has 1 heterocycles. The average molecular weight is 305 g/mol. The normalized spacial score (nSPS) is 13.6. The lowest BCUT2D eigenvalue weighted by Crippen LogP contribution is -2.17. The largest absolute Gasteiger partial charge is 0.310 e. The van der Waals surface area contributed by atoms with Crippen LogP contribution in [0.2, 0.25) is 0 Å². The molecule has 18 heavy (non-hydrogen) atoms. The number of hydrogen-bond donors (Lipinski definition) is 1. The second-order valence-corrected chi connectivity index (χ2v) is 5.51. The molecule has 0 bridgehead atoms. The maximum Gasteiger partial charge on any atom is 0.254 e. The number of benzene rings is 1. The van der Waals surface area contributed by atoms with Crippen LogP contribution in [0.25, 0.3) is 0 Å². The van der Waals surface area contributed by atoms with Crippen molar-refractivity contribution in [3.63, 3.8) is 0 Å². The summed E-state index contributed by atoms with van der Waals surface area (Å²) in [5.41, 5.74) is 3.06. The highest BCUT2D eigenvalue weighted by atomic mass is 79.9. The molecule has 1 aromatic heterocycles. The fraction of sp³-hybridized carbons (Fsp3) is 0.286. The van der Waals surface area contributed by atoms with Gasteiger partial charge in [0, 0.05) is 16.5 Å². The Morgan fingerprint density at radius 2 is 2.22 bits per heavy atom. The first-order valence-electron chi connectivity index (χ1n) is 6.08. The molecule has 2 aromatic rings. The van der Waals surface area contributed by atoms with Crippen LogP contribution in [0, 0.1) is 0 Å². The van der Waals surface area contributed by atoms with E-state index in [1.54, 1.807) is 0 Å². The van der Waals surface area contributed by atoms with Crippen molar-refractivity contribution in [2.75, 3.05) is 0 Å². The van der Waals surface area contributed by atoms with E-state index >= 15 is 0 Å². The lowest BCUT2D eigenvalue weighted by atomic mass is 10.1. The Morgan fingerprint density at radius 3 is 3.06 bits per heavy atom. The van der Waals surface area contributed by atoms with Crippen LogP contribution >= 0.6 is 15.9 Å². The Morgan fingerprint density at radius 1 is 1.33 bits per heavy atom. The Kier molecular flexibility index (Phi) is 3.04. The smallest absolute Gasteiger partial charge is 0.254 e. The minimum Gasteiger partial charge on any atom is -0.310 e. The molecule has 1 aliphatic rings. The Labute approximate surface area is 113 Å². The molecule has 4 heteroatoms. The van der Waals surface area contributed by atoms with Crippen LogP contribution in [0.1, 0.15) is 29.1 Å². The van der Waals surface area contributed by atoms with Crippen LogP contribution in [0.15, 0.2) is 33.5 Å². The lowest BCUT2D eigenvalue weighted by Gasteiger charge is -2.04. The number of aromatic amines is 1. The highest BCUT2D eigenvalue weighted by Gasteiger charge is 2.16. The summed E-state index contributed by atoms with van der Waals surface area (Å²) >= 11 is 3.45. The van der Waals surface area contributed by atoms with Crippen molar-refractivity contribution in [2.45, 2.75) is 25.7 Å². The summed E-state index contributed by atoms with van der Waals surface area (Å²) < 4.78 is 1.04. The van der Waals surface area contributed by atoms with Crippen molar-refractivity contribution in [2.24, 2.45) is 0 Å². The number of nitrogens with zero attached hydrogens (tertiary/aromatic N) is 1. The number of aryl methyl sites for hydroxylation is 1. The van der Waals surface area contributed by atoms with Gasteiger partial charge in [0.15, 0.2) is 0 Å². The summed E-state index contributed by atoms with van der Waals surface area (Å²) in [5.74, 6) is 0.763. The van der Waals surface area contributed by atoms with Crippen molar-refractivity contribution in [3.8, 4) is 0 Å². The van der Waals surface area contributed by atoms with Gasteiger partial charge in [0.05, 0.1) is 5.69 Å². The van der Waals surface area contributed by atoms with Gasteiger partial charge in [0.25, 0.3) is 5.56 Å². The fourth-order valence-corrected chi connectivity index (χ4v) is 2.86. The van der Waals surface area contributed by atoms with Crippen LogP contribution in [-0.4, -0.2) is 9.97 Å². The molecule has 0 saturated heterocycles. The molecule has 0 atom stereocenters. The number of rotatable bonds is 2. The summed E-state index contributed by atoms with van der Waals surface area (Å²) in [6, 6.07) is 8.07. The van der Waals surface area contributed by atoms with Gasteiger partial charge in [-0.15, -0.1) is 0 Å². The quantitative estimate of drug-likeness (QED) is 0.927. The van der Waals surface area contributed by atoms with Crippen molar-refractivity contribution < 1.29 is 0 Å². The van der Waals surface area contributed by atoms with Crippen LogP contribution in [-0.2, 0) is 19.3 Å². The molecule has 1 aliphatic carbocycles. The van der Waals surface area contributed by atoms with Gasteiger partial charge in [-0.25, -0.2) is 4.98 Å². The van der Waals surface area contributed by atoms with Crippen molar-refractivity contribution >= 4 is 15.9 Å². The summed E-state index contributed by atoms with van der Waals surface area (Å²) in [4.78, 5) is 19.3. The SMILES string of the molecule is O=c1[nH]c(Cc2cccc(Br)c2)nc2c1CCC2. The van der Waals surface area contributed by atoms with Crippen LogP contribution < -0.4 is 5.56 Å². The van der Waals surface area contributed by atoms with Gasteiger partial charge >= 0.3 is 0 Å². The third kappa shape index (κ3) is 2.25. The number of halogens is 1. The predicted molar refractivity (Wildman–Crippen MR) is 73.8 cm³/mol. The van der Waals surface area contributed by atoms with Gasteiger partial charge in [0.2, 0.25) is 0 Å². The zero-order valence-corrected chi connectivity index (χ0v) is 11.5. The zero-order chi connectivity index (χ0) is 12.5. The third-order valence-corrected chi connectivity index (χ3v) is 3.74.